The number of amides is 4. The van der Waals surface area contributed by atoms with Crippen molar-refractivity contribution in [2.45, 2.75) is 83.3 Å². The van der Waals surface area contributed by atoms with E-state index in [2.05, 4.69) is 21.3 Å². The lowest BCUT2D eigenvalue weighted by Gasteiger charge is -2.25. The van der Waals surface area contributed by atoms with Gasteiger partial charge in [-0.1, -0.05) is 33.1 Å². The van der Waals surface area contributed by atoms with E-state index in [1.165, 1.54) is 0 Å². The molecule has 0 spiro atoms. The van der Waals surface area contributed by atoms with Crippen LogP contribution in [-0.2, 0) is 24.0 Å². The van der Waals surface area contributed by atoms with Crippen LogP contribution in [0.1, 0.15) is 65.2 Å². The molecule has 1 saturated carbocycles. The fraction of sp³-hybridized carbons (Fsp3) is 0.773. The Morgan fingerprint density at radius 1 is 1.00 bits per heavy atom. The molecule has 1 heterocycles. The number of hydrogen-bond acceptors (Lipinski definition) is 6. The molecule has 0 radical (unpaired) electrons. The summed E-state index contributed by atoms with van der Waals surface area (Å²) in [7, 11) is 0. The van der Waals surface area contributed by atoms with Gasteiger partial charge in [0.15, 0.2) is 5.78 Å². The molecule has 0 aromatic carbocycles. The summed E-state index contributed by atoms with van der Waals surface area (Å²) < 4.78 is 0. The summed E-state index contributed by atoms with van der Waals surface area (Å²) in [5, 5.41) is 19.8. The summed E-state index contributed by atoms with van der Waals surface area (Å²) in [5.74, 6) is -3.50. The summed E-state index contributed by atoms with van der Waals surface area (Å²) in [6.45, 7) is 3.46. The molecule has 10 nitrogen and oxygen atoms in total. The first-order valence-corrected chi connectivity index (χ1v) is 11.5. The number of aliphatic hydroxyl groups excluding tert-OH is 1. The zero-order chi connectivity index (χ0) is 23.7. The number of carbonyl (C=O) groups is 5. The minimum Gasteiger partial charge on any atom is -0.389 e. The molecule has 3 atom stereocenters. The molecule has 2 rings (SSSR count). The highest BCUT2D eigenvalue weighted by molar-refractivity contribution is 6.35. The van der Waals surface area contributed by atoms with Gasteiger partial charge in [-0.15, -0.1) is 0 Å². The largest absolute Gasteiger partial charge is 0.389 e. The smallest absolute Gasteiger partial charge is 0.309 e. The first-order chi connectivity index (χ1) is 15.2. The van der Waals surface area contributed by atoms with E-state index >= 15 is 0 Å². The number of aliphatic hydroxyl groups is 1. The molecule has 0 aromatic rings. The summed E-state index contributed by atoms with van der Waals surface area (Å²) in [4.78, 5) is 61.7. The molecular weight excluding hydrogens is 416 g/mol. The molecule has 0 bridgehead atoms. The van der Waals surface area contributed by atoms with Crippen molar-refractivity contribution in [3.05, 3.63) is 0 Å². The summed E-state index contributed by atoms with van der Waals surface area (Å²) >= 11 is 0. The van der Waals surface area contributed by atoms with Gasteiger partial charge in [-0.25, -0.2) is 0 Å². The highest BCUT2D eigenvalue weighted by atomic mass is 16.3. The van der Waals surface area contributed by atoms with Crippen LogP contribution in [-0.4, -0.2) is 65.8 Å². The minimum absolute atomic E-state index is 0.0278. The van der Waals surface area contributed by atoms with Crippen LogP contribution in [0.15, 0.2) is 0 Å². The van der Waals surface area contributed by atoms with Gasteiger partial charge in [0.2, 0.25) is 11.8 Å². The van der Waals surface area contributed by atoms with Gasteiger partial charge < -0.3 is 26.4 Å². The Kier molecular flexibility index (Phi) is 10.1. The molecule has 0 unspecified atom stereocenters. The third-order valence-corrected chi connectivity index (χ3v) is 6.02. The van der Waals surface area contributed by atoms with Crippen LogP contribution in [0.5, 0.6) is 0 Å². The van der Waals surface area contributed by atoms with Gasteiger partial charge in [0, 0.05) is 18.5 Å². The third kappa shape index (κ3) is 7.89. The average Bonchev–Trinajstić information content (AvgIpc) is 3.16. The Morgan fingerprint density at radius 2 is 1.69 bits per heavy atom. The topological polar surface area (TPSA) is 154 Å². The van der Waals surface area contributed by atoms with E-state index in [1.807, 2.05) is 13.8 Å². The lowest BCUT2D eigenvalue weighted by atomic mass is 9.95. The van der Waals surface area contributed by atoms with Crippen LogP contribution in [0.3, 0.4) is 0 Å². The number of carbonyl (C=O) groups excluding carboxylic acids is 5. The predicted octanol–water partition coefficient (Wildman–Crippen LogP) is -0.461. The SMILES string of the molecule is CC(C)C[C@H](NC(=O)C(=O)NC1CCCCC1)C(=O)N[C@@H](C[C@@H]1CCNC1=O)C(=O)CO. The second-order valence-corrected chi connectivity index (χ2v) is 9.16. The van der Waals surface area contributed by atoms with E-state index in [0.29, 0.717) is 13.0 Å². The van der Waals surface area contributed by atoms with Crippen molar-refractivity contribution in [3.63, 3.8) is 0 Å². The van der Waals surface area contributed by atoms with Gasteiger partial charge >= 0.3 is 11.8 Å². The van der Waals surface area contributed by atoms with Crippen LogP contribution in [0.2, 0.25) is 0 Å². The van der Waals surface area contributed by atoms with E-state index in [-0.39, 0.29) is 30.7 Å². The molecule has 4 amide bonds. The molecule has 2 aliphatic rings. The maximum absolute atomic E-state index is 12.9. The molecule has 1 saturated heterocycles. The summed E-state index contributed by atoms with van der Waals surface area (Å²) in [6, 6.07) is -2.11. The van der Waals surface area contributed by atoms with Crippen molar-refractivity contribution in [1.82, 2.24) is 21.3 Å². The van der Waals surface area contributed by atoms with Crippen LogP contribution in [0.4, 0.5) is 0 Å². The number of nitrogens with one attached hydrogen (secondary N) is 4. The molecule has 0 aromatic heterocycles. The average molecular weight is 453 g/mol. The first kappa shape index (κ1) is 25.8. The molecule has 1 aliphatic heterocycles. The zero-order valence-electron chi connectivity index (χ0n) is 18.9. The quantitative estimate of drug-likeness (QED) is 0.283. The maximum Gasteiger partial charge on any atom is 0.309 e. The third-order valence-electron chi connectivity index (χ3n) is 6.02. The van der Waals surface area contributed by atoms with Crippen LogP contribution >= 0.6 is 0 Å². The first-order valence-electron chi connectivity index (χ1n) is 11.5. The van der Waals surface area contributed by atoms with Crippen molar-refractivity contribution >= 4 is 29.4 Å². The molecule has 1 aliphatic carbocycles. The second kappa shape index (κ2) is 12.5. The molecule has 32 heavy (non-hydrogen) atoms. The fourth-order valence-corrected chi connectivity index (χ4v) is 4.23. The number of hydrogen-bond donors (Lipinski definition) is 5. The fourth-order valence-electron chi connectivity index (χ4n) is 4.23. The van der Waals surface area contributed by atoms with Gasteiger partial charge in [0.25, 0.3) is 0 Å². The highest BCUT2D eigenvalue weighted by Crippen LogP contribution is 2.18. The number of rotatable bonds is 10. The van der Waals surface area contributed by atoms with Gasteiger partial charge in [-0.05, 0) is 38.0 Å². The second-order valence-electron chi connectivity index (χ2n) is 9.16. The molecule has 180 valence electrons. The van der Waals surface area contributed by atoms with Crippen LogP contribution in [0.25, 0.3) is 0 Å². The van der Waals surface area contributed by atoms with Gasteiger partial charge in [-0.2, -0.15) is 0 Å². The van der Waals surface area contributed by atoms with Crippen molar-refractivity contribution in [2.24, 2.45) is 11.8 Å². The van der Waals surface area contributed by atoms with Crippen molar-refractivity contribution in [1.29, 1.82) is 0 Å². The Morgan fingerprint density at radius 3 is 2.25 bits per heavy atom. The lowest BCUT2D eigenvalue weighted by Crippen LogP contribution is -2.55. The monoisotopic (exact) mass is 452 g/mol. The van der Waals surface area contributed by atoms with Crippen molar-refractivity contribution < 1.29 is 29.1 Å². The molecular formula is C22H36N4O6. The van der Waals surface area contributed by atoms with Crippen LogP contribution in [0, 0.1) is 11.8 Å². The zero-order valence-corrected chi connectivity index (χ0v) is 18.9. The lowest BCUT2D eigenvalue weighted by molar-refractivity contribution is -0.141. The van der Waals surface area contributed by atoms with Gasteiger partial charge in [0.05, 0.1) is 6.04 Å². The molecule has 5 N–H and O–H groups in total. The standard InChI is InChI=1S/C22H36N4O6/c1-13(2)10-17(26-22(32)21(31)24-15-6-4-3-5-7-15)20(30)25-16(18(28)12-27)11-14-8-9-23-19(14)29/h13-17,27H,3-12H2,1-2H3,(H,23,29)(H,24,31)(H,25,30)(H,26,32)/t14-,16-,17-/m0/s1. The summed E-state index contributed by atoms with van der Waals surface area (Å²) in [6.07, 6.45) is 5.65. The Balaban J connectivity index is 2.00. The predicted molar refractivity (Wildman–Crippen MR) is 116 cm³/mol. The normalized spacial score (nSPS) is 20.9. The Bertz CT molecular complexity index is 705. The molecule has 2 fully saturated rings. The summed E-state index contributed by atoms with van der Waals surface area (Å²) in [5.41, 5.74) is 0. The highest BCUT2D eigenvalue weighted by Gasteiger charge is 2.33. The van der Waals surface area contributed by atoms with E-state index in [0.717, 1.165) is 32.1 Å². The van der Waals surface area contributed by atoms with E-state index in [9.17, 15) is 29.1 Å². The van der Waals surface area contributed by atoms with E-state index in [4.69, 9.17) is 0 Å². The maximum atomic E-state index is 12.9. The number of Topliss-reactive ketones (excluding diaryl/α,β-unsaturated/α-hetero) is 1. The van der Waals surface area contributed by atoms with Gasteiger partial charge in [0.1, 0.15) is 12.6 Å². The number of ketones is 1. The van der Waals surface area contributed by atoms with Crippen molar-refractivity contribution in [3.8, 4) is 0 Å². The molecule has 10 heteroatoms. The van der Waals surface area contributed by atoms with Crippen LogP contribution < -0.4 is 21.3 Å². The Hall–Kier alpha value is -2.49. The van der Waals surface area contributed by atoms with E-state index in [1.54, 1.807) is 0 Å². The minimum atomic E-state index is -1.05. The van der Waals surface area contributed by atoms with Crippen molar-refractivity contribution in [2.75, 3.05) is 13.2 Å². The Labute approximate surface area is 188 Å². The van der Waals surface area contributed by atoms with Gasteiger partial charge in [-0.3, -0.25) is 24.0 Å². The van der Waals surface area contributed by atoms with E-state index < -0.39 is 48.1 Å².